The number of nitrogens with zero attached hydrogens (tertiary/aromatic N) is 1. The summed E-state index contributed by atoms with van der Waals surface area (Å²) in [6.07, 6.45) is -4.59. The van der Waals surface area contributed by atoms with Crippen LogP contribution in [0.25, 0.3) is 5.69 Å². The van der Waals surface area contributed by atoms with Crippen LogP contribution in [0.5, 0.6) is 0 Å². The SMILES string of the molecule is Nc1c2c(cc(=O)n1-c1c(Br)cc(C(F)(F)F)cc1Br)C(=O)NC2=O. The first-order valence-corrected chi connectivity index (χ1v) is 8.08. The van der Waals surface area contributed by atoms with Crippen molar-refractivity contribution < 1.29 is 22.8 Å². The normalized spacial score (nSPS) is 13.8. The van der Waals surface area contributed by atoms with Gasteiger partial charge in [0.15, 0.2) is 0 Å². The summed E-state index contributed by atoms with van der Waals surface area (Å²) in [4.78, 5) is 35.9. The first kappa shape index (κ1) is 17.7. The van der Waals surface area contributed by atoms with Crippen molar-refractivity contribution >= 4 is 49.5 Å². The van der Waals surface area contributed by atoms with Crippen LogP contribution in [0, 0.1) is 0 Å². The van der Waals surface area contributed by atoms with Gasteiger partial charge in [0.05, 0.1) is 22.4 Å². The van der Waals surface area contributed by atoms with Crippen molar-refractivity contribution in [2.75, 3.05) is 5.73 Å². The minimum atomic E-state index is -4.59. The molecular weight excluding hydrogens is 475 g/mol. The highest BCUT2D eigenvalue weighted by Gasteiger charge is 2.34. The second-order valence-corrected chi connectivity index (χ2v) is 6.77. The molecule has 3 N–H and O–H groups in total. The fraction of sp³-hybridized carbons (Fsp3) is 0.0714. The number of fused-ring (bicyclic) bond motifs is 1. The van der Waals surface area contributed by atoms with E-state index in [1.807, 2.05) is 5.32 Å². The number of hydrogen-bond donors (Lipinski definition) is 2. The summed E-state index contributed by atoms with van der Waals surface area (Å²) in [5, 5.41) is 2.00. The van der Waals surface area contributed by atoms with E-state index in [4.69, 9.17) is 5.73 Å². The van der Waals surface area contributed by atoms with Crippen LogP contribution < -0.4 is 16.6 Å². The zero-order chi connectivity index (χ0) is 18.7. The highest BCUT2D eigenvalue weighted by molar-refractivity contribution is 9.11. The maximum atomic E-state index is 12.9. The number of halogens is 5. The number of aromatic nitrogens is 1. The van der Waals surface area contributed by atoms with Crippen molar-refractivity contribution in [2.45, 2.75) is 6.18 Å². The number of nitrogen functional groups attached to an aromatic ring is 1. The van der Waals surface area contributed by atoms with Gasteiger partial charge in [-0.15, -0.1) is 0 Å². The summed E-state index contributed by atoms with van der Waals surface area (Å²) < 4.78 is 39.4. The smallest absolute Gasteiger partial charge is 0.384 e. The number of nitrogens with two attached hydrogens (primary N) is 1. The third kappa shape index (κ3) is 2.76. The van der Waals surface area contributed by atoms with Crippen LogP contribution in [-0.4, -0.2) is 16.4 Å². The van der Waals surface area contributed by atoms with E-state index < -0.39 is 29.1 Å². The van der Waals surface area contributed by atoms with Crippen molar-refractivity contribution in [3.8, 4) is 5.69 Å². The third-order valence-electron chi connectivity index (χ3n) is 3.52. The number of rotatable bonds is 1. The molecule has 1 aliphatic rings. The van der Waals surface area contributed by atoms with Crippen molar-refractivity contribution in [1.82, 2.24) is 9.88 Å². The van der Waals surface area contributed by atoms with Crippen molar-refractivity contribution in [2.24, 2.45) is 0 Å². The lowest BCUT2D eigenvalue weighted by Gasteiger charge is -2.17. The van der Waals surface area contributed by atoms with Crippen molar-refractivity contribution in [3.05, 3.63) is 54.2 Å². The van der Waals surface area contributed by atoms with Gasteiger partial charge in [-0.1, -0.05) is 0 Å². The molecule has 1 aliphatic heterocycles. The highest BCUT2D eigenvalue weighted by Crippen LogP contribution is 2.38. The van der Waals surface area contributed by atoms with E-state index in [-0.39, 0.29) is 31.6 Å². The molecule has 130 valence electrons. The van der Waals surface area contributed by atoms with E-state index in [9.17, 15) is 27.6 Å². The van der Waals surface area contributed by atoms with Gasteiger partial charge in [0.1, 0.15) is 5.82 Å². The van der Waals surface area contributed by atoms with Gasteiger partial charge in [0, 0.05) is 15.0 Å². The van der Waals surface area contributed by atoms with Crippen molar-refractivity contribution in [1.29, 1.82) is 0 Å². The standard InChI is InChI=1S/C14H6Br2F3N3O3/c15-6-1-4(14(17,18)19)2-7(16)10(6)22-8(23)3-5-9(11(22)20)13(25)21-12(5)24/h1-3H,20H2,(H,21,24,25). The largest absolute Gasteiger partial charge is 0.416 e. The molecule has 2 heterocycles. The molecule has 2 aromatic rings. The van der Waals surface area contributed by atoms with Crippen LogP contribution in [0.3, 0.4) is 0 Å². The molecule has 0 saturated heterocycles. The van der Waals surface area contributed by atoms with Gasteiger partial charge in [-0.2, -0.15) is 13.2 Å². The van der Waals surface area contributed by atoms with Gasteiger partial charge in [-0.05, 0) is 44.0 Å². The molecular formula is C14H6Br2F3N3O3. The molecule has 1 aromatic heterocycles. The zero-order valence-electron chi connectivity index (χ0n) is 11.9. The fourth-order valence-corrected chi connectivity index (χ4v) is 3.99. The van der Waals surface area contributed by atoms with Gasteiger partial charge in [-0.3, -0.25) is 24.3 Å². The molecule has 2 amide bonds. The molecule has 6 nitrogen and oxygen atoms in total. The number of benzene rings is 1. The van der Waals surface area contributed by atoms with Crippen LogP contribution in [0.15, 0.2) is 31.9 Å². The van der Waals surface area contributed by atoms with Gasteiger partial charge >= 0.3 is 6.18 Å². The Labute approximate surface area is 154 Å². The molecule has 1 aromatic carbocycles. The molecule has 0 bridgehead atoms. The summed E-state index contributed by atoms with van der Waals surface area (Å²) in [5.41, 5.74) is 3.74. The molecule has 25 heavy (non-hydrogen) atoms. The van der Waals surface area contributed by atoms with Crippen LogP contribution in [0.2, 0.25) is 0 Å². The van der Waals surface area contributed by atoms with E-state index in [2.05, 4.69) is 31.9 Å². The van der Waals surface area contributed by atoms with E-state index in [0.717, 1.165) is 22.8 Å². The minimum Gasteiger partial charge on any atom is -0.384 e. The maximum absolute atomic E-state index is 12.9. The minimum absolute atomic E-state index is 0.0227. The molecule has 0 radical (unpaired) electrons. The number of anilines is 1. The first-order chi connectivity index (χ1) is 11.5. The Morgan fingerprint density at radius 2 is 1.56 bits per heavy atom. The van der Waals surface area contributed by atoms with E-state index >= 15 is 0 Å². The highest BCUT2D eigenvalue weighted by atomic mass is 79.9. The predicted molar refractivity (Wildman–Crippen MR) is 88.7 cm³/mol. The van der Waals surface area contributed by atoms with E-state index in [1.54, 1.807) is 0 Å². The Bertz CT molecular complexity index is 992. The second-order valence-electron chi connectivity index (χ2n) is 5.06. The molecule has 0 saturated carbocycles. The van der Waals surface area contributed by atoms with Crippen LogP contribution >= 0.6 is 31.9 Å². The number of hydrogen-bond acceptors (Lipinski definition) is 4. The number of imide groups is 1. The summed E-state index contributed by atoms with van der Waals surface area (Å²) in [6.45, 7) is 0. The number of pyridine rings is 1. The average molecular weight is 481 g/mol. The first-order valence-electron chi connectivity index (χ1n) is 6.50. The Morgan fingerprint density at radius 3 is 2.08 bits per heavy atom. The molecule has 0 unspecified atom stereocenters. The summed E-state index contributed by atoms with van der Waals surface area (Å²) in [5.74, 6) is -1.90. The zero-order valence-corrected chi connectivity index (χ0v) is 15.0. The number of amides is 2. The van der Waals surface area contributed by atoms with Gasteiger partial charge in [-0.25, -0.2) is 0 Å². The average Bonchev–Trinajstić information content (AvgIpc) is 2.75. The summed E-state index contributed by atoms with van der Waals surface area (Å²) in [7, 11) is 0. The topological polar surface area (TPSA) is 94.2 Å². The number of carbonyl (C=O) groups excluding carboxylic acids is 2. The van der Waals surface area contributed by atoms with Crippen LogP contribution in [0.4, 0.5) is 19.0 Å². The predicted octanol–water partition coefficient (Wildman–Crippen LogP) is 2.85. The molecule has 0 fully saturated rings. The van der Waals surface area contributed by atoms with E-state index in [0.29, 0.717) is 0 Å². The van der Waals surface area contributed by atoms with Gasteiger partial charge in [0.25, 0.3) is 17.4 Å². The molecule has 0 aliphatic carbocycles. The van der Waals surface area contributed by atoms with Gasteiger partial charge < -0.3 is 5.73 Å². The monoisotopic (exact) mass is 479 g/mol. The molecule has 3 rings (SSSR count). The Balaban J connectivity index is 2.33. The quantitative estimate of drug-likeness (QED) is 0.614. The lowest BCUT2D eigenvalue weighted by atomic mass is 10.1. The van der Waals surface area contributed by atoms with Crippen molar-refractivity contribution in [3.63, 3.8) is 0 Å². The fourth-order valence-electron chi connectivity index (χ4n) is 2.45. The lowest BCUT2D eigenvalue weighted by molar-refractivity contribution is -0.137. The summed E-state index contributed by atoms with van der Waals surface area (Å²) >= 11 is 5.98. The Morgan fingerprint density at radius 1 is 1.00 bits per heavy atom. The second kappa shape index (κ2) is 5.70. The molecule has 11 heteroatoms. The Hall–Kier alpha value is -2.14. The lowest BCUT2D eigenvalue weighted by Crippen LogP contribution is -2.25. The Kier molecular flexibility index (Phi) is 4.03. The number of carbonyl (C=O) groups is 2. The number of nitrogens with one attached hydrogen (secondary N) is 1. The molecule has 0 atom stereocenters. The maximum Gasteiger partial charge on any atom is 0.416 e. The molecule has 0 spiro atoms. The van der Waals surface area contributed by atoms with Crippen LogP contribution in [0.1, 0.15) is 26.3 Å². The van der Waals surface area contributed by atoms with Gasteiger partial charge in [0.2, 0.25) is 0 Å². The number of alkyl halides is 3. The summed E-state index contributed by atoms with van der Waals surface area (Å²) in [6, 6.07) is 2.47. The van der Waals surface area contributed by atoms with E-state index in [1.165, 1.54) is 0 Å². The third-order valence-corrected chi connectivity index (χ3v) is 4.73. The van der Waals surface area contributed by atoms with Crippen LogP contribution in [-0.2, 0) is 6.18 Å².